The maximum Gasteiger partial charge on any atom is 0.252 e. The Labute approximate surface area is 417 Å². The first-order valence-electron chi connectivity index (χ1n) is 25.2. The van der Waals surface area contributed by atoms with E-state index in [-0.39, 0.29) is 23.0 Å². The second-order valence-electron chi connectivity index (χ2n) is 23.0. The molecule has 0 unspecified atom stereocenters. The van der Waals surface area contributed by atoms with E-state index in [0.717, 1.165) is 77.5 Å². The predicted molar refractivity (Wildman–Crippen MR) is 302 cm³/mol. The third-order valence-corrected chi connectivity index (χ3v) is 15.3. The Balaban J connectivity index is 1.03. The molecule has 0 spiro atoms. The van der Waals surface area contributed by atoms with Crippen LogP contribution < -0.4 is 26.2 Å². The molecule has 0 fully saturated rings. The lowest BCUT2D eigenvalue weighted by molar-refractivity contribution is 0.590. The molecule has 5 heteroatoms. The number of para-hydroxylation sites is 4. The average molecular weight is 921 g/mol. The highest BCUT2D eigenvalue weighted by atomic mass is 16.3. The van der Waals surface area contributed by atoms with Crippen molar-refractivity contribution in [3.8, 4) is 22.3 Å². The third-order valence-electron chi connectivity index (χ3n) is 15.3. The highest BCUT2D eigenvalue weighted by Crippen LogP contribution is 2.48. The molecule has 71 heavy (non-hydrogen) atoms. The molecular formula is C66H57BN2O2. The minimum atomic E-state index is -0.144. The molecule has 0 aliphatic carbocycles. The van der Waals surface area contributed by atoms with Gasteiger partial charge in [-0.3, -0.25) is 0 Å². The van der Waals surface area contributed by atoms with Crippen molar-refractivity contribution in [2.24, 2.45) is 0 Å². The topological polar surface area (TPSA) is 32.8 Å². The number of nitrogens with zero attached hydrogens (tertiary/aromatic N) is 2. The van der Waals surface area contributed by atoms with Crippen molar-refractivity contribution in [1.82, 2.24) is 0 Å². The van der Waals surface area contributed by atoms with E-state index in [2.05, 4.69) is 242 Å². The molecule has 4 heterocycles. The number of hydrogen-bond acceptors (Lipinski definition) is 4. The van der Waals surface area contributed by atoms with Crippen LogP contribution in [0, 0.1) is 0 Å². The summed E-state index contributed by atoms with van der Waals surface area (Å²) in [5.74, 6) is 0. The van der Waals surface area contributed by atoms with Crippen molar-refractivity contribution in [2.75, 3.05) is 9.80 Å². The van der Waals surface area contributed by atoms with Crippen LogP contribution in [0.2, 0.25) is 0 Å². The molecule has 346 valence electrons. The molecule has 2 aliphatic rings. The maximum atomic E-state index is 6.55. The standard InChI is InChI=1S/C66H57BN2O2/c1-64(2,3)42-28-34-55-53(36-42)67-54-37-43(65(4,5)6)29-35-56(54)69(46-32-26-41(27-33-46)48-19-15-21-52-50-17-11-13-23-60(50)71-63(48)52)58-39-44(66(7,8)9)38-57(61(58)67)68(55)45-30-24-40(25-31-45)47-18-14-20-51-49-16-10-12-22-59(49)70-62(47)51/h10-39H,1-9H3. The summed E-state index contributed by atoms with van der Waals surface area (Å²) in [5.41, 5.74) is 22.8. The van der Waals surface area contributed by atoms with E-state index in [4.69, 9.17) is 8.83 Å². The van der Waals surface area contributed by atoms with Crippen molar-refractivity contribution in [3.63, 3.8) is 0 Å². The Kier molecular flexibility index (Phi) is 9.37. The van der Waals surface area contributed by atoms with Gasteiger partial charge in [0.1, 0.15) is 22.3 Å². The zero-order valence-corrected chi connectivity index (χ0v) is 42.1. The van der Waals surface area contributed by atoms with Crippen LogP contribution >= 0.6 is 0 Å². The fourth-order valence-electron chi connectivity index (χ4n) is 11.5. The van der Waals surface area contributed by atoms with Gasteiger partial charge in [-0.1, -0.05) is 184 Å². The van der Waals surface area contributed by atoms with Gasteiger partial charge in [0, 0.05) is 66.8 Å². The third kappa shape index (κ3) is 6.80. The second-order valence-corrected chi connectivity index (χ2v) is 23.0. The fourth-order valence-corrected chi connectivity index (χ4v) is 11.5. The van der Waals surface area contributed by atoms with E-state index in [1.54, 1.807) is 0 Å². The van der Waals surface area contributed by atoms with Crippen molar-refractivity contribution < 1.29 is 8.83 Å². The molecule has 0 bridgehead atoms. The van der Waals surface area contributed by atoms with Crippen molar-refractivity contribution >= 4 is 101 Å². The molecule has 0 saturated heterocycles. The van der Waals surface area contributed by atoms with Gasteiger partial charge in [0.25, 0.3) is 6.71 Å². The van der Waals surface area contributed by atoms with Crippen LogP contribution in [0.5, 0.6) is 0 Å². The molecule has 9 aromatic carbocycles. The SMILES string of the molecule is CC(C)(C)c1ccc2c(c1)B1c3cc(C(C)(C)C)ccc3N(c3ccc(-c4cccc5c4oc4ccccc45)cc3)c3cc(C(C)(C)C)cc(c31)N2c1ccc(-c2cccc3c2oc2ccccc23)cc1. The van der Waals surface area contributed by atoms with Crippen LogP contribution in [-0.2, 0) is 16.2 Å². The van der Waals surface area contributed by atoms with E-state index >= 15 is 0 Å². The van der Waals surface area contributed by atoms with Gasteiger partial charge in [-0.15, -0.1) is 0 Å². The largest absolute Gasteiger partial charge is 0.455 e. The lowest BCUT2D eigenvalue weighted by Gasteiger charge is -2.45. The minimum Gasteiger partial charge on any atom is -0.455 e. The zero-order valence-electron chi connectivity index (χ0n) is 42.1. The summed E-state index contributed by atoms with van der Waals surface area (Å²) in [7, 11) is 0. The maximum absolute atomic E-state index is 6.55. The summed E-state index contributed by atoms with van der Waals surface area (Å²) in [5, 5.41) is 4.55. The Hall–Kier alpha value is -7.76. The highest BCUT2D eigenvalue weighted by molar-refractivity contribution is 7.00. The van der Waals surface area contributed by atoms with Crippen LogP contribution in [0.4, 0.5) is 34.1 Å². The Morgan fingerprint density at radius 2 is 0.746 bits per heavy atom. The van der Waals surface area contributed by atoms with E-state index < -0.39 is 0 Å². The van der Waals surface area contributed by atoms with Gasteiger partial charge in [0.2, 0.25) is 0 Å². The van der Waals surface area contributed by atoms with Crippen LogP contribution in [0.1, 0.15) is 79.0 Å². The van der Waals surface area contributed by atoms with Gasteiger partial charge < -0.3 is 18.6 Å². The van der Waals surface area contributed by atoms with Crippen molar-refractivity contribution in [3.05, 3.63) is 199 Å². The molecule has 0 saturated carbocycles. The number of rotatable bonds is 4. The monoisotopic (exact) mass is 920 g/mol. The lowest BCUT2D eigenvalue weighted by Crippen LogP contribution is -2.61. The van der Waals surface area contributed by atoms with Crippen LogP contribution in [-0.4, -0.2) is 6.71 Å². The summed E-state index contributed by atoms with van der Waals surface area (Å²) in [6, 6.07) is 67.5. The number of benzene rings is 9. The quantitative estimate of drug-likeness (QED) is 0.165. The first-order chi connectivity index (χ1) is 34.1. The molecule has 0 atom stereocenters. The fraction of sp³-hybridized carbons (Fsp3) is 0.182. The summed E-state index contributed by atoms with van der Waals surface area (Å²) < 4.78 is 13.1. The predicted octanol–water partition coefficient (Wildman–Crippen LogP) is 16.8. The van der Waals surface area contributed by atoms with E-state index in [1.807, 2.05) is 12.1 Å². The number of fused-ring (bicyclic) bond motifs is 10. The average Bonchev–Trinajstić information content (AvgIpc) is 3.94. The van der Waals surface area contributed by atoms with Crippen LogP contribution in [0.3, 0.4) is 0 Å². The minimum absolute atomic E-state index is 0.00830. The number of furan rings is 2. The van der Waals surface area contributed by atoms with E-state index in [0.29, 0.717) is 0 Å². The summed E-state index contributed by atoms with van der Waals surface area (Å²) in [6.07, 6.45) is 0. The zero-order chi connectivity index (χ0) is 48.7. The molecule has 4 nitrogen and oxygen atoms in total. The molecule has 13 rings (SSSR count). The van der Waals surface area contributed by atoms with Gasteiger partial charge in [-0.2, -0.15) is 0 Å². The smallest absolute Gasteiger partial charge is 0.252 e. The Bertz CT molecular complexity index is 3700. The van der Waals surface area contributed by atoms with Gasteiger partial charge in [-0.05, 0) is 121 Å². The Morgan fingerprint density at radius 3 is 1.15 bits per heavy atom. The second kappa shape index (κ2) is 15.4. The summed E-state index contributed by atoms with van der Waals surface area (Å²) in [6.45, 7) is 21.0. The van der Waals surface area contributed by atoms with Gasteiger partial charge in [0.05, 0.1) is 0 Å². The van der Waals surface area contributed by atoms with Gasteiger partial charge in [0.15, 0.2) is 0 Å². The van der Waals surface area contributed by atoms with E-state index in [9.17, 15) is 0 Å². The normalized spacial score (nSPS) is 13.6. The lowest BCUT2D eigenvalue weighted by atomic mass is 9.33. The van der Waals surface area contributed by atoms with Crippen LogP contribution in [0.15, 0.2) is 191 Å². The van der Waals surface area contributed by atoms with E-state index in [1.165, 1.54) is 55.8 Å². The number of hydrogen-bond donors (Lipinski definition) is 0. The van der Waals surface area contributed by atoms with Gasteiger partial charge >= 0.3 is 0 Å². The first-order valence-corrected chi connectivity index (χ1v) is 25.2. The molecule has 2 aromatic heterocycles. The highest BCUT2D eigenvalue weighted by Gasteiger charge is 2.45. The molecule has 11 aromatic rings. The molecule has 0 amide bonds. The molecule has 2 aliphatic heterocycles. The summed E-state index contributed by atoms with van der Waals surface area (Å²) in [4.78, 5) is 5.09. The number of anilines is 6. The molecule has 0 N–H and O–H groups in total. The molecular weight excluding hydrogens is 864 g/mol. The van der Waals surface area contributed by atoms with Crippen LogP contribution in [0.25, 0.3) is 66.1 Å². The van der Waals surface area contributed by atoms with Gasteiger partial charge in [-0.25, -0.2) is 0 Å². The summed E-state index contributed by atoms with van der Waals surface area (Å²) >= 11 is 0. The van der Waals surface area contributed by atoms with Crippen molar-refractivity contribution in [2.45, 2.75) is 78.6 Å². The van der Waals surface area contributed by atoms with Crippen molar-refractivity contribution in [1.29, 1.82) is 0 Å². The Morgan fingerprint density at radius 1 is 0.352 bits per heavy atom. The molecule has 0 radical (unpaired) electrons. The first kappa shape index (κ1) is 43.3.